The van der Waals surface area contributed by atoms with Crippen LogP contribution in [0.5, 0.6) is 0 Å². The van der Waals surface area contributed by atoms with Crippen LogP contribution in [0.1, 0.15) is 20.3 Å². The van der Waals surface area contributed by atoms with Crippen LogP contribution in [0.4, 0.5) is 5.69 Å². The zero-order valence-electron chi connectivity index (χ0n) is 11.3. The number of hydrogen-bond donors (Lipinski definition) is 0. The van der Waals surface area contributed by atoms with E-state index in [0.717, 1.165) is 0 Å². The third-order valence-electron chi connectivity index (χ3n) is 3.18. The molecular formula is C14H15N2O3S-. The summed E-state index contributed by atoms with van der Waals surface area (Å²) >= 11 is 5.34. The lowest BCUT2D eigenvalue weighted by Gasteiger charge is -2.28. The number of aliphatic carboxylic acids is 1. The molecule has 1 saturated heterocycles. The summed E-state index contributed by atoms with van der Waals surface area (Å²) in [6.07, 6.45) is -0.361. The number of hydrogen-bond acceptors (Lipinski definition) is 4. The van der Waals surface area contributed by atoms with Gasteiger partial charge in [-0.2, -0.15) is 0 Å². The van der Waals surface area contributed by atoms with Crippen molar-refractivity contribution in [1.82, 2.24) is 4.90 Å². The van der Waals surface area contributed by atoms with Crippen molar-refractivity contribution < 1.29 is 14.7 Å². The molecule has 0 saturated carbocycles. The Kier molecular flexibility index (Phi) is 4.04. The molecule has 0 aromatic heterocycles. The van der Waals surface area contributed by atoms with Crippen molar-refractivity contribution in [3.63, 3.8) is 0 Å². The topological polar surface area (TPSA) is 63.7 Å². The number of anilines is 1. The molecule has 0 aliphatic carbocycles. The standard InChI is InChI=1S/C14H16N2O3S/c1-9(2)15-11(8-12(17)18)13(19)16(14(15)20)10-6-4-3-5-7-10/h3-7,9,11H,8H2,1-2H3,(H,17,18)/p-1/t11-/m1/s1. The van der Waals surface area contributed by atoms with Crippen LogP contribution >= 0.6 is 12.2 Å². The van der Waals surface area contributed by atoms with E-state index in [4.69, 9.17) is 12.2 Å². The minimum Gasteiger partial charge on any atom is -0.550 e. The average Bonchev–Trinajstić information content (AvgIpc) is 2.61. The Morgan fingerprint density at radius 2 is 1.95 bits per heavy atom. The Morgan fingerprint density at radius 3 is 2.45 bits per heavy atom. The lowest BCUT2D eigenvalue weighted by Crippen LogP contribution is -2.43. The van der Waals surface area contributed by atoms with Crippen LogP contribution in [0.2, 0.25) is 0 Å². The lowest BCUT2D eigenvalue weighted by atomic mass is 10.1. The number of rotatable bonds is 4. The average molecular weight is 291 g/mol. The fourth-order valence-corrected chi connectivity index (χ4v) is 2.88. The van der Waals surface area contributed by atoms with Gasteiger partial charge < -0.3 is 14.8 Å². The molecule has 20 heavy (non-hydrogen) atoms. The fraction of sp³-hybridized carbons (Fsp3) is 0.357. The molecule has 1 fully saturated rings. The van der Waals surface area contributed by atoms with Crippen molar-refractivity contribution in [2.45, 2.75) is 32.4 Å². The zero-order chi connectivity index (χ0) is 14.9. The molecule has 0 bridgehead atoms. The first-order valence-electron chi connectivity index (χ1n) is 6.34. The zero-order valence-corrected chi connectivity index (χ0v) is 12.1. The second-order valence-electron chi connectivity index (χ2n) is 4.88. The van der Waals surface area contributed by atoms with Gasteiger partial charge in [-0.25, -0.2) is 0 Å². The maximum Gasteiger partial charge on any atom is 0.256 e. The summed E-state index contributed by atoms with van der Waals surface area (Å²) < 4.78 is 0. The Bertz CT molecular complexity index is 545. The predicted octanol–water partition coefficient (Wildman–Crippen LogP) is 0.537. The highest BCUT2D eigenvalue weighted by Crippen LogP contribution is 2.28. The van der Waals surface area contributed by atoms with Crippen molar-refractivity contribution in [2.75, 3.05) is 4.90 Å². The molecule has 5 nitrogen and oxygen atoms in total. The second-order valence-corrected chi connectivity index (χ2v) is 5.25. The highest BCUT2D eigenvalue weighted by molar-refractivity contribution is 7.80. The molecule has 0 spiro atoms. The number of amides is 1. The van der Waals surface area contributed by atoms with E-state index in [-0.39, 0.29) is 18.4 Å². The van der Waals surface area contributed by atoms with Crippen molar-refractivity contribution >= 4 is 34.9 Å². The number of nitrogens with zero attached hydrogens (tertiary/aromatic N) is 2. The van der Waals surface area contributed by atoms with Gasteiger partial charge in [0.25, 0.3) is 5.91 Å². The molecule has 1 atom stereocenters. The normalized spacial score (nSPS) is 19.1. The highest BCUT2D eigenvalue weighted by Gasteiger charge is 2.44. The summed E-state index contributed by atoms with van der Waals surface area (Å²) in [6.45, 7) is 3.74. The third-order valence-corrected chi connectivity index (χ3v) is 3.58. The molecule has 1 aliphatic heterocycles. The maximum atomic E-state index is 12.5. The van der Waals surface area contributed by atoms with Crippen LogP contribution in [0.3, 0.4) is 0 Å². The minimum absolute atomic E-state index is 0.0653. The van der Waals surface area contributed by atoms with E-state index >= 15 is 0 Å². The lowest BCUT2D eigenvalue weighted by molar-refractivity contribution is -0.306. The number of carboxylic acid groups (broad SMARTS) is 1. The number of carbonyl (C=O) groups is 2. The van der Waals surface area contributed by atoms with E-state index in [1.54, 1.807) is 29.2 Å². The summed E-state index contributed by atoms with van der Waals surface area (Å²) in [4.78, 5) is 26.4. The smallest absolute Gasteiger partial charge is 0.256 e. The quantitative estimate of drug-likeness (QED) is 0.758. The predicted molar refractivity (Wildman–Crippen MR) is 76.9 cm³/mol. The van der Waals surface area contributed by atoms with Gasteiger partial charge in [0.1, 0.15) is 6.04 Å². The van der Waals surface area contributed by atoms with Crippen molar-refractivity contribution in [3.8, 4) is 0 Å². The van der Waals surface area contributed by atoms with E-state index in [2.05, 4.69) is 0 Å². The second kappa shape index (κ2) is 5.58. The molecule has 6 heteroatoms. The Labute approximate surface area is 122 Å². The first-order valence-corrected chi connectivity index (χ1v) is 6.75. The Balaban J connectivity index is 2.39. The molecule has 2 rings (SSSR count). The number of para-hydroxylation sites is 1. The van der Waals surface area contributed by atoms with Gasteiger partial charge in [0.2, 0.25) is 0 Å². The SMILES string of the molecule is CC(C)N1C(=S)N(c2ccccc2)C(=O)[C@H]1CC(=O)[O-]. The van der Waals surface area contributed by atoms with Crippen LogP contribution < -0.4 is 10.0 Å². The monoisotopic (exact) mass is 291 g/mol. The van der Waals surface area contributed by atoms with Crippen LogP contribution in [0.15, 0.2) is 30.3 Å². The third kappa shape index (κ3) is 2.51. The van der Waals surface area contributed by atoms with Crippen LogP contribution in [-0.2, 0) is 9.59 Å². The molecule has 1 aromatic carbocycles. The van der Waals surface area contributed by atoms with E-state index in [1.807, 2.05) is 19.9 Å². The molecule has 1 amide bonds. The van der Waals surface area contributed by atoms with Gasteiger partial charge in [-0.05, 0) is 38.2 Å². The number of carboxylic acids is 1. The summed E-state index contributed by atoms with van der Waals surface area (Å²) in [5.41, 5.74) is 0.647. The molecule has 0 N–H and O–H groups in total. The first-order chi connectivity index (χ1) is 9.43. The van der Waals surface area contributed by atoms with Crippen molar-refractivity contribution in [2.24, 2.45) is 0 Å². The molecule has 0 radical (unpaired) electrons. The largest absolute Gasteiger partial charge is 0.550 e. The summed E-state index contributed by atoms with van der Waals surface area (Å²) in [5, 5.41) is 11.2. The summed E-state index contributed by atoms with van der Waals surface area (Å²) in [5.74, 6) is -1.58. The van der Waals surface area contributed by atoms with Crippen LogP contribution in [0.25, 0.3) is 0 Å². The van der Waals surface area contributed by atoms with Gasteiger partial charge in [-0.15, -0.1) is 0 Å². The van der Waals surface area contributed by atoms with Gasteiger partial charge in [0.15, 0.2) is 5.11 Å². The fourth-order valence-electron chi connectivity index (χ4n) is 2.35. The van der Waals surface area contributed by atoms with Crippen LogP contribution in [0, 0.1) is 0 Å². The molecule has 1 aliphatic rings. The maximum absolute atomic E-state index is 12.5. The Hall–Kier alpha value is -1.95. The summed E-state index contributed by atoms with van der Waals surface area (Å²) in [7, 11) is 0. The van der Waals surface area contributed by atoms with E-state index < -0.39 is 12.0 Å². The summed E-state index contributed by atoms with van der Waals surface area (Å²) in [6, 6.07) is 8.12. The van der Waals surface area contributed by atoms with Gasteiger partial charge in [-0.1, -0.05) is 18.2 Å². The molecule has 1 heterocycles. The highest BCUT2D eigenvalue weighted by atomic mass is 32.1. The van der Waals surface area contributed by atoms with Gasteiger partial charge in [-0.3, -0.25) is 9.69 Å². The van der Waals surface area contributed by atoms with Gasteiger partial charge >= 0.3 is 0 Å². The van der Waals surface area contributed by atoms with Gasteiger partial charge in [0, 0.05) is 18.4 Å². The van der Waals surface area contributed by atoms with Crippen molar-refractivity contribution in [1.29, 1.82) is 0 Å². The van der Waals surface area contributed by atoms with Crippen LogP contribution in [-0.4, -0.2) is 34.0 Å². The van der Waals surface area contributed by atoms with E-state index in [0.29, 0.717) is 10.8 Å². The van der Waals surface area contributed by atoms with Gasteiger partial charge in [0.05, 0.1) is 5.69 Å². The molecule has 106 valence electrons. The molecular weight excluding hydrogens is 276 g/mol. The van der Waals surface area contributed by atoms with E-state index in [1.165, 1.54) is 4.90 Å². The molecule has 0 unspecified atom stereocenters. The number of benzene rings is 1. The first kappa shape index (κ1) is 14.5. The number of carbonyl (C=O) groups excluding carboxylic acids is 2. The minimum atomic E-state index is -1.26. The molecule has 1 aromatic rings. The Morgan fingerprint density at radius 1 is 1.35 bits per heavy atom. The van der Waals surface area contributed by atoms with Crippen molar-refractivity contribution in [3.05, 3.63) is 30.3 Å². The number of thiocarbonyl (C=S) groups is 1. The van der Waals surface area contributed by atoms with E-state index in [9.17, 15) is 14.7 Å².